The predicted octanol–water partition coefficient (Wildman–Crippen LogP) is 5.00. The number of carbonyl (C=O) groups is 1. The molecule has 0 bridgehead atoms. The van der Waals surface area contributed by atoms with Gasteiger partial charge in [-0.2, -0.15) is 0 Å². The summed E-state index contributed by atoms with van der Waals surface area (Å²) in [5.41, 5.74) is 2.04. The number of esters is 1. The molecule has 0 saturated heterocycles. The van der Waals surface area contributed by atoms with Gasteiger partial charge in [-0.1, -0.05) is 38.1 Å². The van der Waals surface area contributed by atoms with Crippen LogP contribution in [0.15, 0.2) is 55.1 Å². The Morgan fingerprint density at radius 3 is 2.48 bits per heavy atom. The monoisotopic (exact) mass is 428 g/mol. The van der Waals surface area contributed by atoms with Gasteiger partial charge in [0.15, 0.2) is 11.5 Å². The second-order valence-electron chi connectivity index (χ2n) is 7.06. The molecular formula is C25H32O6. The first kappa shape index (κ1) is 24.3. The third-order valence-electron chi connectivity index (χ3n) is 4.64. The van der Waals surface area contributed by atoms with Crippen LogP contribution < -0.4 is 9.47 Å². The third kappa shape index (κ3) is 8.72. The van der Waals surface area contributed by atoms with Crippen molar-refractivity contribution in [3.05, 3.63) is 66.2 Å². The van der Waals surface area contributed by atoms with E-state index in [0.717, 1.165) is 36.5 Å². The summed E-state index contributed by atoms with van der Waals surface area (Å²) in [6.07, 6.45) is 3.66. The lowest BCUT2D eigenvalue weighted by atomic mass is 10.1. The van der Waals surface area contributed by atoms with Gasteiger partial charge in [0.2, 0.25) is 0 Å². The quantitative estimate of drug-likeness (QED) is 0.259. The van der Waals surface area contributed by atoms with Crippen molar-refractivity contribution in [3.63, 3.8) is 0 Å². The minimum absolute atomic E-state index is 0.174. The van der Waals surface area contributed by atoms with Gasteiger partial charge >= 0.3 is 5.97 Å². The molecule has 0 radical (unpaired) electrons. The van der Waals surface area contributed by atoms with Gasteiger partial charge in [-0.05, 0) is 48.7 Å². The fraction of sp³-hybridized carbons (Fsp3) is 0.400. The topological polar surface area (TPSA) is 74.2 Å². The first-order valence-corrected chi connectivity index (χ1v) is 10.6. The van der Waals surface area contributed by atoms with E-state index in [-0.39, 0.29) is 25.1 Å². The van der Waals surface area contributed by atoms with Crippen LogP contribution in [-0.4, -0.2) is 37.5 Å². The highest BCUT2D eigenvalue weighted by Crippen LogP contribution is 2.32. The van der Waals surface area contributed by atoms with E-state index in [9.17, 15) is 9.90 Å². The number of ether oxygens (including phenoxy) is 4. The molecule has 6 nitrogen and oxygen atoms in total. The summed E-state index contributed by atoms with van der Waals surface area (Å²) in [5, 5.41) is 9.39. The minimum atomic E-state index is -0.461. The maximum Gasteiger partial charge on any atom is 0.330 e. The number of aromatic hydroxyl groups is 1. The van der Waals surface area contributed by atoms with Gasteiger partial charge in [0, 0.05) is 12.5 Å². The molecule has 0 amide bonds. The first-order valence-electron chi connectivity index (χ1n) is 10.6. The summed E-state index contributed by atoms with van der Waals surface area (Å²) in [6, 6.07) is 12.9. The maximum atomic E-state index is 11.1. The lowest BCUT2D eigenvalue weighted by Crippen LogP contribution is -2.11. The van der Waals surface area contributed by atoms with Crippen molar-refractivity contribution in [2.45, 2.75) is 39.2 Å². The van der Waals surface area contributed by atoms with Gasteiger partial charge in [0.1, 0.15) is 12.4 Å². The summed E-state index contributed by atoms with van der Waals surface area (Å²) in [7, 11) is 0. The van der Waals surface area contributed by atoms with E-state index in [0.29, 0.717) is 24.7 Å². The fourth-order valence-corrected chi connectivity index (χ4v) is 2.80. The Morgan fingerprint density at radius 1 is 1.03 bits per heavy atom. The van der Waals surface area contributed by atoms with Gasteiger partial charge in [0.25, 0.3) is 0 Å². The Morgan fingerprint density at radius 2 is 1.77 bits per heavy atom. The maximum absolute atomic E-state index is 11.1. The Kier molecular flexibility index (Phi) is 10.4. The average molecular weight is 429 g/mol. The lowest BCUT2D eigenvalue weighted by Gasteiger charge is -2.18. The molecule has 1 N–H and O–H groups in total. The number of rotatable bonds is 14. The van der Waals surface area contributed by atoms with Gasteiger partial charge in [-0.3, -0.25) is 0 Å². The van der Waals surface area contributed by atoms with Crippen molar-refractivity contribution in [2.75, 3.05) is 26.4 Å². The van der Waals surface area contributed by atoms with Gasteiger partial charge in [0.05, 0.1) is 25.9 Å². The molecule has 0 saturated carbocycles. The van der Waals surface area contributed by atoms with Crippen LogP contribution in [0.3, 0.4) is 0 Å². The Labute approximate surface area is 184 Å². The molecule has 0 spiro atoms. The Balaban J connectivity index is 1.96. The zero-order chi connectivity index (χ0) is 22.5. The Bertz CT molecular complexity index is 815. The zero-order valence-electron chi connectivity index (χ0n) is 18.3. The van der Waals surface area contributed by atoms with Crippen LogP contribution >= 0.6 is 0 Å². The number of carbonyl (C=O) groups excluding carboxylic acids is 1. The number of unbranched alkanes of at least 4 members (excludes halogenated alkanes) is 1. The fourth-order valence-electron chi connectivity index (χ4n) is 2.80. The van der Waals surface area contributed by atoms with Crippen LogP contribution in [-0.2, 0) is 20.7 Å². The second kappa shape index (κ2) is 13.3. The summed E-state index contributed by atoms with van der Waals surface area (Å²) in [6.45, 7) is 8.98. The predicted molar refractivity (Wildman–Crippen MR) is 120 cm³/mol. The number of phenols is 1. The van der Waals surface area contributed by atoms with Gasteiger partial charge < -0.3 is 24.1 Å². The smallest absolute Gasteiger partial charge is 0.330 e. The molecule has 6 heteroatoms. The number of benzene rings is 2. The zero-order valence-corrected chi connectivity index (χ0v) is 18.3. The average Bonchev–Trinajstić information content (AvgIpc) is 2.78. The molecule has 2 rings (SSSR count). The van der Waals surface area contributed by atoms with E-state index in [4.69, 9.17) is 18.9 Å². The molecule has 2 aromatic carbocycles. The Hall–Kier alpha value is -2.99. The third-order valence-corrected chi connectivity index (χ3v) is 4.64. The molecule has 0 aliphatic carbocycles. The van der Waals surface area contributed by atoms with E-state index in [2.05, 4.69) is 13.5 Å². The van der Waals surface area contributed by atoms with Crippen LogP contribution in [0.5, 0.6) is 17.2 Å². The van der Waals surface area contributed by atoms with Gasteiger partial charge in [-0.15, -0.1) is 0 Å². The molecular weight excluding hydrogens is 396 g/mol. The van der Waals surface area contributed by atoms with E-state index in [1.165, 1.54) is 0 Å². The van der Waals surface area contributed by atoms with E-state index >= 15 is 0 Å². The standard InChI is InChI=1S/C25H32O6/c1-4-6-14-29-24-18-21(19(3)28-16-17-31-25(27)5-2)9-12-23(24)30-15-13-20-7-10-22(26)11-8-20/h5,7-12,18-19,26H,2,4,6,13-17H2,1,3H3. The summed E-state index contributed by atoms with van der Waals surface area (Å²) >= 11 is 0. The van der Waals surface area contributed by atoms with Crippen molar-refractivity contribution in [1.29, 1.82) is 0 Å². The molecule has 31 heavy (non-hydrogen) atoms. The molecule has 0 fully saturated rings. The van der Waals surface area contributed by atoms with Crippen molar-refractivity contribution >= 4 is 5.97 Å². The normalized spacial score (nSPS) is 11.5. The van der Waals surface area contributed by atoms with E-state index in [1.54, 1.807) is 12.1 Å². The molecule has 1 atom stereocenters. The van der Waals surface area contributed by atoms with Crippen LogP contribution in [0.1, 0.15) is 43.9 Å². The first-order chi connectivity index (χ1) is 15.0. The summed E-state index contributed by atoms with van der Waals surface area (Å²) < 4.78 is 22.6. The SMILES string of the molecule is C=CC(=O)OCCOC(C)c1ccc(OCCc2ccc(O)cc2)c(OCCCC)c1. The highest BCUT2D eigenvalue weighted by Gasteiger charge is 2.12. The lowest BCUT2D eigenvalue weighted by molar-refractivity contribution is -0.139. The molecule has 168 valence electrons. The highest BCUT2D eigenvalue weighted by molar-refractivity contribution is 5.81. The van der Waals surface area contributed by atoms with Crippen LogP contribution in [0.4, 0.5) is 0 Å². The molecule has 1 unspecified atom stereocenters. The second-order valence-corrected chi connectivity index (χ2v) is 7.06. The number of hydrogen-bond acceptors (Lipinski definition) is 6. The minimum Gasteiger partial charge on any atom is -0.508 e. The van der Waals surface area contributed by atoms with Crippen molar-refractivity contribution < 1.29 is 28.8 Å². The van der Waals surface area contributed by atoms with Crippen molar-refractivity contribution in [3.8, 4) is 17.2 Å². The van der Waals surface area contributed by atoms with Crippen LogP contribution in [0.2, 0.25) is 0 Å². The van der Waals surface area contributed by atoms with E-state index in [1.807, 2.05) is 37.3 Å². The van der Waals surface area contributed by atoms with Crippen molar-refractivity contribution in [2.24, 2.45) is 0 Å². The molecule has 0 aliphatic heterocycles. The highest BCUT2D eigenvalue weighted by atomic mass is 16.6. The van der Waals surface area contributed by atoms with Crippen molar-refractivity contribution in [1.82, 2.24) is 0 Å². The molecule has 0 aromatic heterocycles. The molecule has 0 aliphatic rings. The van der Waals surface area contributed by atoms with E-state index < -0.39 is 5.97 Å². The summed E-state index contributed by atoms with van der Waals surface area (Å²) in [5.74, 6) is 1.16. The molecule has 0 heterocycles. The number of phenolic OH excluding ortho intramolecular Hbond substituents is 1. The van der Waals surface area contributed by atoms with Gasteiger partial charge in [-0.25, -0.2) is 4.79 Å². The molecule has 2 aromatic rings. The number of hydrogen-bond donors (Lipinski definition) is 1. The largest absolute Gasteiger partial charge is 0.508 e. The summed E-state index contributed by atoms with van der Waals surface area (Å²) in [4.78, 5) is 11.1. The van der Waals surface area contributed by atoms with Crippen LogP contribution in [0, 0.1) is 0 Å². The van der Waals surface area contributed by atoms with Crippen LogP contribution in [0.25, 0.3) is 0 Å².